The molecule has 0 aromatic heterocycles. The summed E-state index contributed by atoms with van der Waals surface area (Å²) in [5.74, 6) is -1.57. The SMILES string of the molecule is C/C(=C\C(=O)OCCCCCCCCC(=O)O)CC1OCC2CC(O)[C@@H](C(C)C(C)O)OC2C1O. The minimum absolute atomic E-state index is 0.125. The molecule has 0 spiro atoms. The minimum Gasteiger partial charge on any atom is -0.481 e. The largest absolute Gasteiger partial charge is 0.481 e. The number of carbonyl (C=O) groups is 2. The molecule has 0 aromatic rings. The second-order valence-electron chi connectivity index (χ2n) is 10.2. The van der Waals surface area contributed by atoms with Gasteiger partial charge in [-0.05, 0) is 39.5 Å². The van der Waals surface area contributed by atoms with Crippen molar-refractivity contribution >= 4 is 11.9 Å². The first-order valence-electron chi connectivity index (χ1n) is 13.0. The maximum absolute atomic E-state index is 12.1. The second kappa shape index (κ2) is 14.9. The summed E-state index contributed by atoms with van der Waals surface area (Å²) in [6.45, 7) is 5.97. The van der Waals surface area contributed by atoms with Crippen molar-refractivity contribution in [2.75, 3.05) is 13.2 Å². The molecular weight excluding hydrogens is 456 g/mol. The second-order valence-corrected chi connectivity index (χ2v) is 10.2. The molecule has 202 valence electrons. The summed E-state index contributed by atoms with van der Waals surface area (Å²) >= 11 is 0. The highest BCUT2D eigenvalue weighted by Crippen LogP contribution is 2.37. The van der Waals surface area contributed by atoms with E-state index < -0.39 is 48.6 Å². The van der Waals surface area contributed by atoms with Gasteiger partial charge in [-0.3, -0.25) is 4.79 Å². The Balaban J connectivity index is 1.71. The van der Waals surface area contributed by atoms with Crippen LogP contribution in [0.5, 0.6) is 0 Å². The number of fused-ring (bicyclic) bond motifs is 1. The highest BCUT2D eigenvalue weighted by atomic mass is 16.6. The predicted octanol–water partition coefficient (Wildman–Crippen LogP) is 2.59. The zero-order chi connectivity index (χ0) is 26.0. The van der Waals surface area contributed by atoms with Crippen LogP contribution < -0.4 is 0 Å². The van der Waals surface area contributed by atoms with Crippen LogP contribution in [-0.2, 0) is 23.8 Å². The van der Waals surface area contributed by atoms with Crippen LogP contribution in [0.3, 0.4) is 0 Å². The van der Waals surface area contributed by atoms with Crippen LogP contribution >= 0.6 is 0 Å². The van der Waals surface area contributed by atoms with Gasteiger partial charge in [-0.25, -0.2) is 4.79 Å². The summed E-state index contributed by atoms with van der Waals surface area (Å²) in [5.41, 5.74) is 0.737. The van der Waals surface area contributed by atoms with E-state index in [0.717, 1.165) is 37.7 Å². The average molecular weight is 501 g/mol. The molecule has 9 nitrogen and oxygen atoms in total. The molecule has 9 heteroatoms. The molecule has 7 unspecified atom stereocenters. The molecule has 0 aromatic carbocycles. The van der Waals surface area contributed by atoms with Crippen molar-refractivity contribution in [2.24, 2.45) is 11.8 Å². The Bertz CT molecular complexity index is 692. The number of ether oxygens (including phenoxy) is 3. The van der Waals surface area contributed by atoms with Crippen molar-refractivity contribution in [2.45, 2.75) is 115 Å². The van der Waals surface area contributed by atoms with E-state index in [1.165, 1.54) is 6.08 Å². The summed E-state index contributed by atoms with van der Waals surface area (Å²) in [7, 11) is 0. The summed E-state index contributed by atoms with van der Waals surface area (Å²) in [5, 5.41) is 39.9. The van der Waals surface area contributed by atoms with Gasteiger partial charge in [-0.2, -0.15) is 0 Å². The molecule has 2 heterocycles. The number of aliphatic carboxylic acids is 1. The first kappa shape index (κ1) is 29.7. The lowest BCUT2D eigenvalue weighted by Crippen LogP contribution is -2.59. The highest BCUT2D eigenvalue weighted by molar-refractivity contribution is 5.82. The van der Waals surface area contributed by atoms with Crippen molar-refractivity contribution in [3.8, 4) is 0 Å². The lowest BCUT2D eigenvalue weighted by atomic mass is 9.80. The lowest BCUT2D eigenvalue weighted by molar-refractivity contribution is -0.252. The first-order chi connectivity index (χ1) is 16.6. The molecule has 0 saturated carbocycles. The number of aliphatic hydroxyl groups excluding tert-OH is 3. The molecule has 2 saturated heterocycles. The van der Waals surface area contributed by atoms with Gasteiger partial charge in [0, 0.05) is 24.3 Å². The minimum atomic E-state index is -0.903. The first-order valence-corrected chi connectivity index (χ1v) is 13.0. The number of rotatable bonds is 14. The van der Waals surface area contributed by atoms with E-state index in [0.29, 0.717) is 32.5 Å². The maximum atomic E-state index is 12.1. The summed E-state index contributed by atoms with van der Waals surface area (Å²) < 4.78 is 17.2. The Labute approximate surface area is 208 Å². The van der Waals surface area contributed by atoms with Crippen LogP contribution in [0.25, 0.3) is 0 Å². The van der Waals surface area contributed by atoms with Crippen molar-refractivity contribution in [1.82, 2.24) is 0 Å². The van der Waals surface area contributed by atoms with Crippen LogP contribution in [0, 0.1) is 11.8 Å². The lowest BCUT2D eigenvalue weighted by Gasteiger charge is -2.48. The number of carboxylic acids is 1. The third kappa shape index (κ3) is 9.80. The topological polar surface area (TPSA) is 143 Å². The molecule has 4 N–H and O–H groups in total. The number of hydrogen-bond acceptors (Lipinski definition) is 8. The van der Waals surface area contributed by atoms with Crippen molar-refractivity contribution < 1.29 is 44.2 Å². The number of esters is 1. The fraction of sp³-hybridized carbons (Fsp3) is 0.846. The molecular formula is C26H44O9. The molecule has 35 heavy (non-hydrogen) atoms. The molecule has 0 bridgehead atoms. The molecule has 0 amide bonds. The van der Waals surface area contributed by atoms with Crippen LogP contribution in [0.1, 0.15) is 78.6 Å². The molecule has 2 fully saturated rings. The third-order valence-electron chi connectivity index (χ3n) is 7.14. The van der Waals surface area contributed by atoms with Gasteiger partial charge in [0.1, 0.15) is 6.10 Å². The quantitative estimate of drug-likeness (QED) is 0.161. The number of carbonyl (C=O) groups excluding carboxylic acids is 1. The molecule has 0 aliphatic carbocycles. The van der Waals surface area contributed by atoms with Crippen LogP contribution in [0.15, 0.2) is 11.6 Å². The van der Waals surface area contributed by atoms with Gasteiger partial charge < -0.3 is 34.6 Å². The Morgan fingerprint density at radius 3 is 2.40 bits per heavy atom. The fourth-order valence-corrected chi connectivity index (χ4v) is 4.85. The van der Waals surface area contributed by atoms with Crippen LogP contribution in [-0.4, -0.2) is 82.2 Å². The highest BCUT2D eigenvalue weighted by Gasteiger charge is 2.48. The van der Waals surface area contributed by atoms with E-state index in [1.807, 2.05) is 6.92 Å². The smallest absolute Gasteiger partial charge is 0.330 e. The Morgan fingerprint density at radius 2 is 1.74 bits per heavy atom. The summed E-state index contributed by atoms with van der Waals surface area (Å²) in [6.07, 6.45) is 3.86. The van der Waals surface area contributed by atoms with Crippen LogP contribution in [0.4, 0.5) is 0 Å². The van der Waals surface area contributed by atoms with E-state index in [1.54, 1.807) is 13.8 Å². The zero-order valence-corrected chi connectivity index (χ0v) is 21.3. The molecule has 2 rings (SSSR count). The number of aliphatic hydroxyl groups is 3. The Hall–Kier alpha value is -1.52. The molecule has 2 aliphatic rings. The zero-order valence-electron chi connectivity index (χ0n) is 21.3. The van der Waals surface area contributed by atoms with E-state index in [4.69, 9.17) is 19.3 Å². The van der Waals surface area contributed by atoms with E-state index >= 15 is 0 Å². The van der Waals surface area contributed by atoms with Crippen LogP contribution in [0.2, 0.25) is 0 Å². The third-order valence-corrected chi connectivity index (χ3v) is 7.14. The van der Waals surface area contributed by atoms with Gasteiger partial charge >= 0.3 is 11.9 Å². The van der Waals surface area contributed by atoms with Crippen molar-refractivity contribution in [3.05, 3.63) is 11.6 Å². The van der Waals surface area contributed by atoms with Gasteiger partial charge in [0.05, 0.1) is 43.7 Å². The van der Waals surface area contributed by atoms with Gasteiger partial charge in [-0.15, -0.1) is 0 Å². The van der Waals surface area contributed by atoms with E-state index in [9.17, 15) is 24.9 Å². The summed E-state index contributed by atoms with van der Waals surface area (Å²) in [6, 6.07) is 0. The maximum Gasteiger partial charge on any atom is 0.330 e. The number of hydrogen-bond donors (Lipinski definition) is 4. The predicted molar refractivity (Wildman–Crippen MR) is 129 cm³/mol. The van der Waals surface area contributed by atoms with E-state index in [2.05, 4.69) is 0 Å². The molecule has 8 atom stereocenters. The Morgan fingerprint density at radius 1 is 1.09 bits per heavy atom. The molecule has 2 aliphatic heterocycles. The standard InChI is InChI=1S/C26H44O9/c1-16(13-23(31)33-11-9-7-5-4-6-8-10-22(29)30)12-21-24(32)26-19(15-34-21)14-20(28)25(35-26)17(2)18(3)27/h13,17-21,24-28,32H,4-12,14-15H2,1-3H3,(H,29,30)/b16-13+/t17?,18?,19?,20?,21?,24?,25-,26?/m1/s1. The fourth-order valence-electron chi connectivity index (χ4n) is 4.85. The van der Waals surface area contributed by atoms with Crippen molar-refractivity contribution in [1.29, 1.82) is 0 Å². The van der Waals surface area contributed by atoms with E-state index in [-0.39, 0.29) is 18.3 Å². The molecule has 0 radical (unpaired) electrons. The normalized spacial score (nSPS) is 30.9. The number of unbranched alkanes of at least 4 members (excludes halogenated alkanes) is 5. The van der Waals surface area contributed by atoms with Crippen molar-refractivity contribution in [3.63, 3.8) is 0 Å². The van der Waals surface area contributed by atoms with Gasteiger partial charge in [-0.1, -0.05) is 38.2 Å². The number of carboxylic acid groups (broad SMARTS) is 1. The summed E-state index contributed by atoms with van der Waals surface area (Å²) in [4.78, 5) is 22.6. The monoisotopic (exact) mass is 500 g/mol. The van der Waals surface area contributed by atoms with Gasteiger partial charge in [0.2, 0.25) is 0 Å². The Kier molecular flexibility index (Phi) is 12.6. The van der Waals surface area contributed by atoms with Gasteiger partial charge in [0.25, 0.3) is 0 Å². The van der Waals surface area contributed by atoms with Gasteiger partial charge in [0.15, 0.2) is 0 Å². The average Bonchev–Trinajstić information content (AvgIpc) is 2.78.